The van der Waals surface area contributed by atoms with Gasteiger partial charge in [0.1, 0.15) is 0 Å². The Morgan fingerprint density at radius 2 is 1.86 bits per heavy atom. The van der Waals surface area contributed by atoms with Gasteiger partial charge in [0.25, 0.3) is 0 Å². The van der Waals surface area contributed by atoms with Gasteiger partial charge in [0, 0.05) is 0 Å². The SMILES string of the molecule is c1ccc(-c2cc3nnnc(N4CCOCC4)c3[se]2)cc1. The third-order valence-electron chi connectivity index (χ3n) is 3.58. The molecule has 1 aliphatic heterocycles. The van der Waals surface area contributed by atoms with Crippen molar-refractivity contribution in [2.45, 2.75) is 0 Å². The molecule has 0 spiro atoms. The second-order valence-corrected chi connectivity index (χ2v) is 7.11. The van der Waals surface area contributed by atoms with Crippen LogP contribution in [0.5, 0.6) is 0 Å². The Bertz CT molecular complexity index is 753. The number of anilines is 1. The van der Waals surface area contributed by atoms with Gasteiger partial charge >= 0.3 is 128 Å². The van der Waals surface area contributed by atoms with E-state index in [4.69, 9.17) is 4.74 Å². The predicted octanol–water partition coefficient (Wildman–Crippen LogP) is 1.59. The number of fused-ring (bicyclic) bond motifs is 1. The van der Waals surface area contributed by atoms with Crippen LogP contribution in [0.2, 0.25) is 0 Å². The Morgan fingerprint density at radius 1 is 1.05 bits per heavy atom. The maximum atomic E-state index is 5.42. The third kappa shape index (κ3) is 2.46. The zero-order valence-electron chi connectivity index (χ0n) is 11.4. The Kier molecular flexibility index (Phi) is 3.43. The van der Waals surface area contributed by atoms with Gasteiger partial charge in [-0.15, -0.1) is 0 Å². The van der Waals surface area contributed by atoms with E-state index in [-0.39, 0.29) is 14.5 Å². The van der Waals surface area contributed by atoms with Gasteiger partial charge in [0.05, 0.1) is 0 Å². The van der Waals surface area contributed by atoms with Crippen LogP contribution in [0.1, 0.15) is 0 Å². The van der Waals surface area contributed by atoms with Crippen molar-refractivity contribution in [1.82, 2.24) is 15.4 Å². The van der Waals surface area contributed by atoms with Crippen LogP contribution < -0.4 is 4.90 Å². The topological polar surface area (TPSA) is 51.1 Å². The summed E-state index contributed by atoms with van der Waals surface area (Å²) in [6.07, 6.45) is 0. The zero-order valence-corrected chi connectivity index (χ0v) is 13.1. The third-order valence-corrected chi connectivity index (χ3v) is 6.03. The molecule has 0 unspecified atom stereocenters. The van der Waals surface area contributed by atoms with Gasteiger partial charge in [0.15, 0.2) is 0 Å². The fourth-order valence-corrected chi connectivity index (χ4v) is 4.83. The van der Waals surface area contributed by atoms with Crippen molar-refractivity contribution in [2.24, 2.45) is 0 Å². The summed E-state index contributed by atoms with van der Waals surface area (Å²) in [5.74, 6) is 0.991. The van der Waals surface area contributed by atoms with E-state index in [1.807, 2.05) is 6.07 Å². The van der Waals surface area contributed by atoms with Gasteiger partial charge in [-0.05, 0) is 0 Å². The first-order valence-corrected chi connectivity index (χ1v) is 8.64. The van der Waals surface area contributed by atoms with E-state index in [1.54, 1.807) is 0 Å². The van der Waals surface area contributed by atoms with Gasteiger partial charge in [0.2, 0.25) is 0 Å². The Balaban J connectivity index is 1.80. The van der Waals surface area contributed by atoms with Crippen molar-refractivity contribution in [1.29, 1.82) is 0 Å². The number of aromatic nitrogens is 3. The molecule has 106 valence electrons. The normalized spacial score (nSPS) is 15.5. The molecule has 0 aliphatic carbocycles. The average Bonchev–Trinajstić information content (AvgIpc) is 3.00. The molecule has 0 amide bonds. The molecule has 6 heteroatoms. The molecule has 5 nitrogen and oxygen atoms in total. The van der Waals surface area contributed by atoms with Crippen molar-refractivity contribution in [3.63, 3.8) is 0 Å². The Labute approximate surface area is 128 Å². The van der Waals surface area contributed by atoms with Crippen molar-refractivity contribution in [2.75, 3.05) is 31.2 Å². The van der Waals surface area contributed by atoms with Gasteiger partial charge in [-0.1, -0.05) is 0 Å². The van der Waals surface area contributed by atoms with E-state index in [0.717, 1.165) is 37.6 Å². The molecule has 3 aromatic rings. The summed E-state index contributed by atoms with van der Waals surface area (Å²) < 4.78 is 8.01. The molecular formula is C15H14N4OSe. The number of hydrogen-bond donors (Lipinski definition) is 0. The monoisotopic (exact) mass is 346 g/mol. The van der Waals surface area contributed by atoms with E-state index < -0.39 is 0 Å². The van der Waals surface area contributed by atoms with Gasteiger partial charge in [-0.2, -0.15) is 0 Å². The van der Waals surface area contributed by atoms with Crippen molar-refractivity contribution >= 4 is 30.1 Å². The Hall–Kier alpha value is -1.75. The van der Waals surface area contributed by atoms with Crippen molar-refractivity contribution in [3.05, 3.63) is 36.4 Å². The fourth-order valence-electron chi connectivity index (χ4n) is 2.50. The molecule has 0 atom stereocenters. The van der Waals surface area contributed by atoms with E-state index >= 15 is 0 Å². The molecular weight excluding hydrogens is 331 g/mol. The van der Waals surface area contributed by atoms with E-state index in [0.29, 0.717) is 0 Å². The summed E-state index contributed by atoms with van der Waals surface area (Å²) in [6, 6.07) is 12.6. The van der Waals surface area contributed by atoms with Crippen LogP contribution in [0, 0.1) is 0 Å². The molecule has 1 saturated heterocycles. The Morgan fingerprint density at radius 3 is 2.67 bits per heavy atom. The quantitative estimate of drug-likeness (QED) is 0.660. The van der Waals surface area contributed by atoms with Crippen LogP contribution in [0.15, 0.2) is 36.4 Å². The molecule has 1 aliphatic rings. The van der Waals surface area contributed by atoms with Crippen LogP contribution >= 0.6 is 0 Å². The van der Waals surface area contributed by atoms with Crippen LogP contribution in [-0.4, -0.2) is 56.2 Å². The number of nitrogens with zero attached hydrogens (tertiary/aromatic N) is 4. The first-order chi connectivity index (χ1) is 10.4. The number of ether oxygens (including phenoxy) is 1. The molecule has 0 bridgehead atoms. The second kappa shape index (κ2) is 5.56. The van der Waals surface area contributed by atoms with Crippen LogP contribution in [0.3, 0.4) is 0 Å². The van der Waals surface area contributed by atoms with Gasteiger partial charge in [-0.3, -0.25) is 0 Å². The number of benzene rings is 1. The van der Waals surface area contributed by atoms with Gasteiger partial charge < -0.3 is 0 Å². The predicted molar refractivity (Wildman–Crippen MR) is 82.7 cm³/mol. The summed E-state index contributed by atoms with van der Waals surface area (Å²) in [7, 11) is 0. The van der Waals surface area contributed by atoms with Crippen molar-refractivity contribution in [3.8, 4) is 10.0 Å². The summed E-state index contributed by atoms with van der Waals surface area (Å²) in [5.41, 5.74) is 2.24. The summed E-state index contributed by atoms with van der Waals surface area (Å²) >= 11 is 0.229. The minimum atomic E-state index is 0.229. The minimum absolute atomic E-state index is 0.229. The maximum absolute atomic E-state index is 5.42. The molecule has 4 rings (SSSR count). The fraction of sp³-hybridized carbons (Fsp3) is 0.267. The van der Waals surface area contributed by atoms with Crippen molar-refractivity contribution < 1.29 is 4.74 Å². The second-order valence-electron chi connectivity index (χ2n) is 4.90. The molecule has 21 heavy (non-hydrogen) atoms. The van der Waals surface area contributed by atoms with Crippen LogP contribution in [0.4, 0.5) is 5.82 Å². The first kappa shape index (κ1) is 13.0. The van der Waals surface area contributed by atoms with Crippen LogP contribution in [0.25, 0.3) is 19.8 Å². The molecule has 0 saturated carbocycles. The zero-order chi connectivity index (χ0) is 14.1. The average molecular weight is 345 g/mol. The standard InChI is InChI=1S/C15H14N4OSe/c1-2-4-11(5-3-1)13-10-12-14(21-13)15(17-18-16-12)19-6-8-20-9-7-19/h1-5,10H,6-9H2. The van der Waals surface area contributed by atoms with Crippen LogP contribution in [-0.2, 0) is 4.74 Å². The molecule has 3 heterocycles. The summed E-state index contributed by atoms with van der Waals surface area (Å²) in [4.78, 5) is 2.26. The van der Waals surface area contributed by atoms with Gasteiger partial charge in [-0.25, -0.2) is 0 Å². The number of rotatable bonds is 2. The first-order valence-electron chi connectivity index (χ1n) is 6.93. The molecule has 1 aromatic carbocycles. The molecule has 0 radical (unpaired) electrons. The number of hydrogen-bond acceptors (Lipinski definition) is 5. The van der Waals surface area contributed by atoms with E-state index in [9.17, 15) is 0 Å². The van der Waals surface area contributed by atoms with E-state index in [2.05, 4.69) is 50.6 Å². The molecule has 2 aromatic heterocycles. The molecule has 0 N–H and O–H groups in total. The summed E-state index contributed by atoms with van der Waals surface area (Å²) in [5, 5.41) is 12.4. The summed E-state index contributed by atoms with van der Waals surface area (Å²) in [6.45, 7) is 3.26. The molecule has 1 fully saturated rings. The van der Waals surface area contributed by atoms with E-state index in [1.165, 1.54) is 14.3 Å². The number of morpholine rings is 1.